The van der Waals surface area contributed by atoms with Crippen LogP contribution in [0.4, 0.5) is 0 Å². The van der Waals surface area contributed by atoms with E-state index < -0.39 is 0 Å². The molecule has 2 rings (SSSR count). The normalized spacial score (nSPS) is 28.0. The van der Waals surface area contributed by atoms with E-state index in [1.165, 1.54) is 17.5 Å². The van der Waals surface area contributed by atoms with E-state index >= 15 is 0 Å². The van der Waals surface area contributed by atoms with Crippen LogP contribution in [-0.2, 0) is 6.54 Å². The van der Waals surface area contributed by atoms with Crippen LogP contribution in [0.5, 0.6) is 0 Å². The lowest BCUT2D eigenvalue weighted by molar-refractivity contribution is 0.0537. The Balaban J connectivity index is 2.18. The SMILES string of the molecule is CCC1(C)CN(Cc2cnccc2C)C(C(C)C)CN1. The van der Waals surface area contributed by atoms with E-state index in [1.54, 1.807) is 0 Å². The Morgan fingerprint density at radius 3 is 2.85 bits per heavy atom. The third-order valence-corrected chi connectivity index (χ3v) is 4.83. The van der Waals surface area contributed by atoms with Crippen molar-refractivity contribution in [3.63, 3.8) is 0 Å². The van der Waals surface area contributed by atoms with Crippen LogP contribution in [0.15, 0.2) is 18.5 Å². The smallest absolute Gasteiger partial charge is 0.0315 e. The molecule has 3 heteroatoms. The van der Waals surface area contributed by atoms with Crippen LogP contribution in [0.3, 0.4) is 0 Å². The van der Waals surface area contributed by atoms with Gasteiger partial charge in [0.2, 0.25) is 0 Å². The predicted octanol–water partition coefficient (Wildman–Crippen LogP) is 2.99. The van der Waals surface area contributed by atoms with Crippen molar-refractivity contribution in [2.75, 3.05) is 13.1 Å². The summed E-state index contributed by atoms with van der Waals surface area (Å²) >= 11 is 0. The van der Waals surface area contributed by atoms with Crippen molar-refractivity contribution in [2.24, 2.45) is 5.92 Å². The van der Waals surface area contributed by atoms with Crippen LogP contribution in [-0.4, -0.2) is 34.6 Å². The Labute approximate surface area is 123 Å². The highest BCUT2D eigenvalue weighted by Crippen LogP contribution is 2.25. The molecular formula is C17H29N3. The first-order chi connectivity index (χ1) is 9.45. The van der Waals surface area contributed by atoms with Crippen LogP contribution in [0.2, 0.25) is 0 Å². The summed E-state index contributed by atoms with van der Waals surface area (Å²) in [6, 6.07) is 2.72. The molecule has 0 aromatic carbocycles. The molecule has 2 heterocycles. The maximum Gasteiger partial charge on any atom is 0.0315 e. The highest BCUT2D eigenvalue weighted by atomic mass is 15.3. The van der Waals surface area contributed by atoms with E-state index in [0.29, 0.717) is 12.0 Å². The topological polar surface area (TPSA) is 28.2 Å². The molecule has 0 bridgehead atoms. The van der Waals surface area contributed by atoms with Gasteiger partial charge in [0.25, 0.3) is 0 Å². The predicted molar refractivity (Wildman–Crippen MR) is 84.7 cm³/mol. The zero-order valence-corrected chi connectivity index (χ0v) is 13.6. The van der Waals surface area contributed by atoms with Crippen LogP contribution >= 0.6 is 0 Å². The summed E-state index contributed by atoms with van der Waals surface area (Å²) in [4.78, 5) is 6.94. The summed E-state index contributed by atoms with van der Waals surface area (Å²) in [6.45, 7) is 14.7. The highest BCUT2D eigenvalue weighted by Gasteiger charge is 2.35. The standard InChI is InChI=1S/C17H29N3/c1-6-17(5)12-20(16(10-19-17)13(2)3)11-15-9-18-8-7-14(15)4/h7-9,13,16,19H,6,10-12H2,1-5H3. The molecule has 20 heavy (non-hydrogen) atoms. The average molecular weight is 275 g/mol. The molecule has 1 aromatic heterocycles. The van der Waals surface area contributed by atoms with Gasteiger partial charge in [-0.2, -0.15) is 0 Å². The molecule has 2 atom stereocenters. The summed E-state index contributed by atoms with van der Waals surface area (Å²) in [7, 11) is 0. The molecule has 0 aliphatic carbocycles. The second kappa shape index (κ2) is 6.23. The first kappa shape index (κ1) is 15.5. The molecule has 1 aliphatic heterocycles. The summed E-state index contributed by atoms with van der Waals surface area (Å²) in [5.41, 5.74) is 2.94. The van der Waals surface area contributed by atoms with Gasteiger partial charge in [0.1, 0.15) is 0 Å². The molecule has 0 amide bonds. The molecule has 1 saturated heterocycles. The van der Waals surface area contributed by atoms with E-state index in [1.807, 2.05) is 12.4 Å². The van der Waals surface area contributed by atoms with Crippen molar-refractivity contribution < 1.29 is 0 Å². The van der Waals surface area contributed by atoms with Crippen molar-refractivity contribution in [1.82, 2.24) is 15.2 Å². The number of nitrogens with zero attached hydrogens (tertiary/aromatic N) is 2. The number of aryl methyl sites for hydroxylation is 1. The van der Waals surface area contributed by atoms with Gasteiger partial charge in [0.15, 0.2) is 0 Å². The van der Waals surface area contributed by atoms with E-state index in [4.69, 9.17) is 0 Å². The Morgan fingerprint density at radius 2 is 2.25 bits per heavy atom. The maximum atomic E-state index is 4.30. The van der Waals surface area contributed by atoms with Gasteiger partial charge in [-0.3, -0.25) is 9.88 Å². The Morgan fingerprint density at radius 1 is 1.50 bits per heavy atom. The van der Waals surface area contributed by atoms with Crippen LogP contribution in [0.25, 0.3) is 0 Å². The molecule has 3 nitrogen and oxygen atoms in total. The second-order valence-corrected chi connectivity index (χ2v) is 6.81. The van der Waals surface area contributed by atoms with Crippen LogP contribution in [0, 0.1) is 12.8 Å². The maximum absolute atomic E-state index is 4.30. The summed E-state index contributed by atoms with van der Waals surface area (Å²) < 4.78 is 0. The monoisotopic (exact) mass is 275 g/mol. The zero-order valence-electron chi connectivity index (χ0n) is 13.6. The number of rotatable bonds is 4. The van der Waals surface area contributed by atoms with Crippen molar-refractivity contribution in [3.8, 4) is 0 Å². The van der Waals surface area contributed by atoms with Gasteiger partial charge >= 0.3 is 0 Å². The first-order valence-electron chi connectivity index (χ1n) is 7.84. The fourth-order valence-corrected chi connectivity index (χ4v) is 3.05. The van der Waals surface area contributed by atoms with Crippen molar-refractivity contribution in [3.05, 3.63) is 29.6 Å². The fourth-order valence-electron chi connectivity index (χ4n) is 3.05. The highest BCUT2D eigenvalue weighted by molar-refractivity contribution is 5.21. The molecule has 1 fully saturated rings. The molecule has 0 saturated carbocycles. The number of nitrogens with one attached hydrogen (secondary N) is 1. The Kier molecular flexibility index (Phi) is 4.82. The molecule has 2 unspecified atom stereocenters. The number of piperazine rings is 1. The zero-order chi connectivity index (χ0) is 14.8. The number of hydrogen-bond donors (Lipinski definition) is 1. The number of aromatic nitrogens is 1. The molecule has 0 radical (unpaired) electrons. The largest absolute Gasteiger partial charge is 0.309 e. The van der Waals surface area contributed by atoms with E-state index in [0.717, 1.165) is 19.6 Å². The third-order valence-electron chi connectivity index (χ3n) is 4.83. The summed E-state index contributed by atoms with van der Waals surface area (Å²) in [5, 5.41) is 3.75. The number of pyridine rings is 1. The summed E-state index contributed by atoms with van der Waals surface area (Å²) in [6.07, 6.45) is 5.07. The fraction of sp³-hybridized carbons (Fsp3) is 0.706. The minimum absolute atomic E-state index is 0.238. The van der Waals surface area contributed by atoms with Crippen molar-refractivity contribution in [1.29, 1.82) is 0 Å². The van der Waals surface area contributed by atoms with Gasteiger partial charge < -0.3 is 5.32 Å². The van der Waals surface area contributed by atoms with Gasteiger partial charge in [0, 0.05) is 43.6 Å². The molecule has 112 valence electrons. The Bertz CT molecular complexity index is 444. The van der Waals surface area contributed by atoms with E-state index in [9.17, 15) is 0 Å². The molecular weight excluding hydrogens is 246 g/mol. The lowest BCUT2D eigenvalue weighted by atomic mass is 9.89. The van der Waals surface area contributed by atoms with E-state index in [2.05, 4.69) is 55.9 Å². The number of hydrogen-bond acceptors (Lipinski definition) is 3. The molecule has 0 spiro atoms. The average Bonchev–Trinajstić information content (AvgIpc) is 2.41. The molecule has 1 aliphatic rings. The molecule has 1 N–H and O–H groups in total. The Hall–Kier alpha value is -0.930. The van der Waals surface area contributed by atoms with Crippen molar-refractivity contribution >= 4 is 0 Å². The van der Waals surface area contributed by atoms with E-state index in [-0.39, 0.29) is 5.54 Å². The van der Waals surface area contributed by atoms with Gasteiger partial charge in [-0.1, -0.05) is 20.8 Å². The molecule has 1 aromatic rings. The third kappa shape index (κ3) is 3.39. The van der Waals surface area contributed by atoms with Gasteiger partial charge in [-0.25, -0.2) is 0 Å². The minimum Gasteiger partial charge on any atom is -0.309 e. The van der Waals surface area contributed by atoms with Crippen LogP contribution in [0.1, 0.15) is 45.2 Å². The van der Waals surface area contributed by atoms with Gasteiger partial charge in [-0.15, -0.1) is 0 Å². The van der Waals surface area contributed by atoms with Crippen molar-refractivity contribution in [2.45, 2.75) is 59.2 Å². The second-order valence-electron chi connectivity index (χ2n) is 6.81. The van der Waals surface area contributed by atoms with Gasteiger partial charge in [-0.05, 0) is 43.4 Å². The first-order valence-corrected chi connectivity index (χ1v) is 7.84. The summed E-state index contributed by atoms with van der Waals surface area (Å²) in [5.74, 6) is 0.667. The van der Waals surface area contributed by atoms with Gasteiger partial charge in [0.05, 0.1) is 0 Å². The lowest BCUT2D eigenvalue weighted by Gasteiger charge is -2.47. The lowest BCUT2D eigenvalue weighted by Crippen LogP contribution is -2.63. The quantitative estimate of drug-likeness (QED) is 0.915. The minimum atomic E-state index is 0.238. The van der Waals surface area contributed by atoms with Crippen LogP contribution < -0.4 is 5.32 Å².